The molecule has 30 heavy (non-hydrogen) atoms. The molecule has 0 radical (unpaired) electrons. The minimum atomic E-state index is -0.610. The van der Waals surface area contributed by atoms with Crippen molar-refractivity contribution < 1.29 is 28.1 Å². The quantitative estimate of drug-likeness (QED) is 0.243. The number of fused-ring (bicyclic) bond motifs is 1. The molecule has 0 amide bonds. The Hall–Kier alpha value is -3.86. The summed E-state index contributed by atoms with van der Waals surface area (Å²) >= 11 is 1.16. The first-order valence-corrected chi connectivity index (χ1v) is 9.34. The average molecular weight is 429 g/mol. The van der Waals surface area contributed by atoms with Crippen LogP contribution in [0.25, 0.3) is 10.1 Å². The Labute approximate surface area is 171 Å². The largest absolute Gasteiger partial charge is 0.485 e. The topological polar surface area (TPSA) is 118 Å². The highest BCUT2D eigenvalue weighted by molar-refractivity contribution is 7.20. The molecular weight excluding hydrogens is 417 g/mol. The van der Waals surface area contributed by atoms with Crippen molar-refractivity contribution in [3.63, 3.8) is 0 Å². The summed E-state index contributed by atoms with van der Waals surface area (Å²) in [5.41, 5.74) is -0.0542. The summed E-state index contributed by atoms with van der Waals surface area (Å²) in [7, 11) is 0. The van der Waals surface area contributed by atoms with E-state index in [0.29, 0.717) is 16.0 Å². The van der Waals surface area contributed by atoms with Crippen LogP contribution in [0, 0.1) is 15.9 Å². The molecule has 152 valence electrons. The van der Waals surface area contributed by atoms with Crippen LogP contribution in [0.5, 0.6) is 5.75 Å². The molecule has 4 aromatic rings. The van der Waals surface area contributed by atoms with Crippen LogP contribution < -0.4 is 4.74 Å². The number of halogens is 1. The lowest BCUT2D eigenvalue weighted by molar-refractivity contribution is -0.384. The van der Waals surface area contributed by atoms with Crippen LogP contribution in [0.1, 0.15) is 21.4 Å². The Morgan fingerprint density at radius 3 is 2.73 bits per heavy atom. The monoisotopic (exact) mass is 429 g/mol. The van der Waals surface area contributed by atoms with Gasteiger partial charge in [-0.3, -0.25) is 10.1 Å². The highest BCUT2D eigenvalue weighted by Crippen LogP contribution is 2.29. The molecule has 0 aliphatic rings. The van der Waals surface area contributed by atoms with Crippen LogP contribution in [0.4, 0.5) is 10.1 Å². The Bertz CT molecular complexity index is 1220. The molecule has 0 N–H and O–H groups in total. The zero-order valence-corrected chi connectivity index (χ0v) is 15.9. The van der Waals surface area contributed by atoms with E-state index in [9.17, 15) is 19.3 Å². The van der Waals surface area contributed by atoms with Crippen LogP contribution in [0.15, 0.2) is 53.1 Å². The number of carbonyl (C=O) groups excluding carboxylic acids is 1. The Morgan fingerprint density at radius 2 is 1.97 bits per heavy atom. The number of thiophene rings is 1. The van der Waals surface area contributed by atoms with Crippen molar-refractivity contribution in [1.29, 1.82) is 0 Å². The fourth-order valence-corrected chi connectivity index (χ4v) is 3.47. The second-order valence-corrected chi connectivity index (χ2v) is 7.10. The molecule has 4 rings (SSSR count). The van der Waals surface area contributed by atoms with Gasteiger partial charge in [0, 0.05) is 22.2 Å². The lowest BCUT2D eigenvalue weighted by Crippen LogP contribution is -2.03. The standard InChI is InChI=1S/C19H12FN3O6S/c20-12-1-4-14(5-2-12)27-9-17-21-18(29-22-17)10-28-19(24)16-8-11-7-13(23(25)26)3-6-15(11)30-16/h1-8H,9-10H2. The zero-order chi connectivity index (χ0) is 21.1. The van der Waals surface area contributed by atoms with Gasteiger partial charge in [-0.25, -0.2) is 9.18 Å². The number of ether oxygens (including phenoxy) is 2. The van der Waals surface area contributed by atoms with E-state index in [0.717, 1.165) is 16.0 Å². The second kappa shape index (κ2) is 8.25. The van der Waals surface area contributed by atoms with Crippen molar-refractivity contribution in [2.75, 3.05) is 0 Å². The predicted octanol–water partition coefficient (Wildman–Crippen LogP) is 4.27. The van der Waals surface area contributed by atoms with Gasteiger partial charge in [0.1, 0.15) is 16.4 Å². The Morgan fingerprint density at radius 1 is 1.17 bits per heavy atom. The molecule has 0 aliphatic carbocycles. The minimum absolute atomic E-state index is 0.00181. The molecule has 2 aromatic carbocycles. The van der Waals surface area contributed by atoms with Gasteiger partial charge in [0.25, 0.3) is 11.6 Å². The molecule has 2 heterocycles. The molecule has 0 saturated heterocycles. The van der Waals surface area contributed by atoms with Gasteiger partial charge in [-0.2, -0.15) is 4.98 Å². The van der Waals surface area contributed by atoms with E-state index < -0.39 is 10.9 Å². The van der Waals surface area contributed by atoms with Gasteiger partial charge in [0.2, 0.25) is 5.82 Å². The van der Waals surface area contributed by atoms with E-state index in [-0.39, 0.29) is 36.4 Å². The van der Waals surface area contributed by atoms with Crippen LogP contribution in [0.3, 0.4) is 0 Å². The molecule has 0 saturated carbocycles. The minimum Gasteiger partial charge on any atom is -0.485 e. The Balaban J connectivity index is 1.34. The zero-order valence-electron chi connectivity index (χ0n) is 15.1. The maximum absolute atomic E-state index is 12.9. The smallest absolute Gasteiger partial charge is 0.348 e. The number of hydrogen-bond acceptors (Lipinski definition) is 9. The molecule has 0 aliphatic heterocycles. The number of nitro groups is 1. The molecular formula is C19H12FN3O6S. The summed E-state index contributed by atoms with van der Waals surface area (Å²) in [6, 6.07) is 11.4. The molecule has 0 atom stereocenters. The molecule has 0 bridgehead atoms. The van der Waals surface area contributed by atoms with E-state index in [2.05, 4.69) is 10.1 Å². The van der Waals surface area contributed by atoms with Gasteiger partial charge in [-0.15, -0.1) is 11.3 Å². The number of hydrogen-bond donors (Lipinski definition) is 0. The SMILES string of the molecule is O=C(OCc1nc(COc2ccc(F)cc2)no1)c1cc2cc([N+](=O)[O-])ccc2s1. The van der Waals surface area contributed by atoms with Crippen molar-refractivity contribution in [2.45, 2.75) is 13.2 Å². The number of benzene rings is 2. The fourth-order valence-electron chi connectivity index (χ4n) is 2.53. The van der Waals surface area contributed by atoms with Gasteiger partial charge in [-0.05, 0) is 36.4 Å². The third kappa shape index (κ3) is 4.41. The normalized spacial score (nSPS) is 10.8. The van der Waals surface area contributed by atoms with E-state index in [4.69, 9.17) is 14.0 Å². The molecule has 0 spiro atoms. The van der Waals surface area contributed by atoms with Crippen LogP contribution >= 0.6 is 11.3 Å². The number of nitro benzene ring substituents is 1. The average Bonchev–Trinajstić information content (AvgIpc) is 3.37. The van der Waals surface area contributed by atoms with Crippen molar-refractivity contribution in [2.24, 2.45) is 0 Å². The van der Waals surface area contributed by atoms with Crippen LogP contribution in [0.2, 0.25) is 0 Å². The maximum atomic E-state index is 12.9. The molecule has 11 heteroatoms. The molecule has 9 nitrogen and oxygen atoms in total. The summed E-state index contributed by atoms with van der Waals surface area (Å²) in [4.78, 5) is 27.0. The first kappa shape index (κ1) is 19.5. The van der Waals surface area contributed by atoms with Gasteiger partial charge in [0.15, 0.2) is 13.2 Å². The third-order valence-corrected chi connectivity index (χ3v) is 5.03. The van der Waals surface area contributed by atoms with E-state index in [1.165, 1.54) is 42.5 Å². The lowest BCUT2D eigenvalue weighted by Gasteiger charge is -2.02. The van der Waals surface area contributed by atoms with Gasteiger partial charge in [0.05, 0.1) is 4.92 Å². The highest BCUT2D eigenvalue weighted by atomic mass is 32.1. The first-order chi connectivity index (χ1) is 14.5. The molecule has 0 fully saturated rings. The van der Waals surface area contributed by atoms with Crippen LogP contribution in [-0.4, -0.2) is 21.0 Å². The number of aromatic nitrogens is 2. The summed E-state index contributed by atoms with van der Waals surface area (Å²) in [5, 5.41) is 15.2. The fraction of sp³-hybridized carbons (Fsp3) is 0.105. The second-order valence-electron chi connectivity index (χ2n) is 6.01. The molecule has 0 unspecified atom stereocenters. The number of nitrogens with zero attached hydrogens (tertiary/aromatic N) is 3. The summed E-state index contributed by atoms with van der Waals surface area (Å²) in [6.45, 7) is -0.241. The maximum Gasteiger partial charge on any atom is 0.348 e. The van der Waals surface area contributed by atoms with Crippen molar-refractivity contribution in [3.05, 3.63) is 81.1 Å². The van der Waals surface area contributed by atoms with Crippen LogP contribution in [-0.2, 0) is 18.0 Å². The first-order valence-electron chi connectivity index (χ1n) is 8.53. The summed E-state index contributed by atoms with van der Waals surface area (Å²) in [5.74, 6) is -0.222. The van der Waals surface area contributed by atoms with E-state index >= 15 is 0 Å². The van der Waals surface area contributed by atoms with Gasteiger partial charge in [-0.1, -0.05) is 5.16 Å². The van der Waals surface area contributed by atoms with Crippen molar-refractivity contribution >= 4 is 33.1 Å². The highest BCUT2D eigenvalue weighted by Gasteiger charge is 2.16. The predicted molar refractivity (Wildman–Crippen MR) is 103 cm³/mol. The Kier molecular flexibility index (Phi) is 5.35. The summed E-state index contributed by atoms with van der Waals surface area (Å²) in [6.07, 6.45) is 0. The summed E-state index contributed by atoms with van der Waals surface area (Å²) < 4.78 is 29.2. The van der Waals surface area contributed by atoms with E-state index in [1.54, 1.807) is 6.07 Å². The number of non-ortho nitro benzene ring substituents is 1. The number of carbonyl (C=O) groups is 1. The van der Waals surface area contributed by atoms with Gasteiger partial charge >= 0.3 is 5.97 Å². The van der Waals surface area contributed by atoms with E-state index in [1.807, 2.05) is 0 Å². The molecule has 2 aromatic heterocycles. The third-order valence-electron chi connectivity index (χ3n) is 3.93. The number of esters is 1. The lowest BCUT2D eigenvalue weighted by atomic mass is 10.2. The van der Waals surface area contributed by atoms with Crippen molar-refractivity contribution in [3.8, 4) is 5.75 Å². The van der Waals surface area contributed by atoms with Gasteiger partial charge < -0.3 is 14.0 Å². The van der Waals surface area contributed by atoms with Crippen molar-refractivity contribution in [1.82, 2.24) is 10.1 Å². The number of rotatable bonds is 7.